The van der Waals surface area contributed by atoms with Gasteiger partial charge in [0.15, 0.2) is 0 Å². The van der Waals surface area contributed by atoms with Crippen molar-refractivity contribution in [1.82, 2.24) is 0 Å². The van der Waals surface area contributed by atoms with Crippen molar-refractivity contribution in [3.8, 4) is 0 Å². The van der Waals surface area contributed by atoms with Crippen molar-refractivity contribution in [2.24, 2.45) is 0 Å². The fraction of sp³-hybridized carbons (Fsp3) is 0.800. The minimum absolute atomic E-state index is 0.786. The molecule has 0 aliphatic rings. The molecule has 1 N–H and O–H groups in total. The first-order valence-corrected chi connectivity index (χ1v) is 3.69. The summed E-state index contributed by atoms with van der Waals surface area (Å²) < 4.78 is 0. The van der Waals surface area contributed by atoms with E-state index < -0.39 is 0 Å². The van der Waals surface area contributed by atoms with E-state index in [1.54, 1.807) is 11.8 Å². The smallest absolute Gasteiger partial charge is 0.00664 e. The largest absolute Gasteiger partial charge is 0.310 e. The number of hydrogen-bond donors (Lipinski definition) is 1. The summed E-state index contributed by atoms with van der Waals surface area (Å²) in [5.74, 6) is 1.09. The predicted octanol–water partition coefficient (Wildman–Crippen LogP) is 1.78. The fourth-order valence-corrected chi connectivity index (χ4v) is 0.765. The molecule has 0 rings (SSSR count). The van der Waals surface area contributed by atoms with Crippen molar-refractivity contribution in [3.63, 3.8) is 0 Å². The summed E-state index contributed by atoms with van der Waals surface area (Å²) in [6, 6.07) is 0. The Balaban J connectivity index is 2.82. The van der Waals surface area contributed by atoms with Crippen LogP contribution in [0.5, 0.6) is 0 Å². The molecule has 7 heavy (non-hydrogen) atoms. The zero-order valence-electron chi connectivity index (χ0n) is 4.82. The molecule has 0 aromatic heterocycles. The summed E-state index contributed by atoms with van der Waals surface area (Å²) in [4.78, 5) is 0. The summed E-state index contributed by atoms with van der Waals surface area (Å²) in [6.07, 6.45) is 3.00. The third-order valence-corrected chi connectivity index (χ3v) is 1.29. The van der Waals surface area contributed by atoms with Crippen molar-refractivity contribution in [3.05, 3.63) is 0 Å². The third kappa shape index (κ3) is 6.02. The van der Waals surface area contributed by atoms with E-state index in [1.807, 2.05) is 6.92 Å². The van der Waals surface area contributed by atoms with Gasteiger partial charge in [0.25, 0.3) is 0 Å². The van der Waals surface area contributed by atoms with Crippen LogP contribution >= 0.6 is 11.8 Å². The highest BCUT2D eigenvalue weighted by Gasteiger charge is 1.83. The van der Waals surface area contributed by atoms with Crippen LogP contribution in [-0.2, 0) is 0 Å². The normalized spacial score (nSPS) is 8.86. The number of nitrogens with one attached hydrogen (secondary N) is 1. The average molecular weight is 117 g/mol. The molecule has 1 nitrogen and oxygen atoms in total. The minimum atomic E-state index is 0.786. The van der Waals surface area contributed by atoms with Crippen molar-refractivity contribution in [2.45, 2.75) is 13.3 Å². The highest BCUT2D eigenvalue weighted by atomic mass is 32.2. The molecule has 0 bridgehead atoms. The standard InChI is InChI=1S/C5H11NS/c1-5(6)3-4-7-2/h6H,3-4H2,1-2H3. The molecule has 0 aromatic rings. The van der Waals surface area contributed by atoms with Crippen molar-refractivity contribution in [2.75, 3.05) is 12.0 Å². The van der Waals surface area contributed by atoms with Crippen LogP contribution in [-0.4, -0.2) is 17.7 Å². The summed E-state index contributed by atoms with van der Waals surface area (Å²) in [6.45, 7) is 1.84. The summed E-state index contributed by atoms with van der Waals surface area (Å²) in [5.41, 5.74) is 0.786. The van der Waals surface area contributed by atoms with Crippen molar-refractivity contribution in [1.29, 1.82) is 5.41 Å². The van der Waals surface area contributed by atoms with Gasteiger partial charge in [-0.05, 0) is 25.4 Å². The van der Waals surface area contributed by atoms with Crippen LogP contribution in [0.3, 0.4) is 0 Å². The maximum Gasteiger partial charge on any atom is 0.00664 e. The van der Waals surface area contributed by atoms with Crippen LogP contribution in [0.15, 0.2) is 0 Å². The van der Waals surface area contributed by atoms with E-state index in [4.69, 9.17) is 5.41 Å². The second-order valence-corrected chi connectivity index (χ2v) is 2.51. The van der Waals surface area contributed by atoms with Gasteiger partial charge in [-0.15, -0.1) is 0 Å². The molecule has 0 aromatic carbocycles. The highest BCUT2D eigenvalue weighted by molar-refractivity contribution is 7.98. The van der Waals surface area contributed by atoms with E-state index in [9.17, 15) is 0 Å². The Morgan fingerprint density at radius 1 is 1.71 bits per heavy atom. The first-order valence-electron chi connectivity index (χ1n) is 2.30. The lowest BCUT2D eigenvalue weighted by molar-refractivity contribution is 1.25. The van der Waals surface area contributed by atoms with Crippen molar-refractivity contribution >= 4 is 17.5 Å². The quantitative estimate of drug-likeness (QED) is 0.560. The molecular weight excluding hydrogens is 106 g/mol. The van der Waals surface area contributed by atoms with Crippen LogP contribution in [0, 0.1) is 5.41 Å². The molecule has 0 atom stereocenters. The zero-order valence-corrected chi connectivity index (χ0v) is 5.64. The molecule has 0 fully saturated rings. The maximum absolute atomic E-state index is 6.98. The first kappa shape index (κ1) is 7.02. The Bertz CT molecular complexity index is 61.1. The van der Waals surface area contributed by atoms with Gasteiger partial charge in [-0.3, -0.25) is 0 Å². The molecule has 2 heteroatoms. The molecule has 0 saturated carbocycles. The average Bonchev–Trinajstić information content (AvgIpc) is 1.61. The molecule has 0 aliphatic carbocycles. The molecule has 0 saturated heterocycles. The Kier molecular flexibility index (Phi) is 4.20. The van der Waals surface area contributed by atoms with Gasteiger partial charge in [-0.25, -0.2) is 0 Å². The van der Waals surface area contributed by atoms with Gasteiger partial charge in [-0.1, -0.05) is 0 Å². The Morgan fingerprint density at radius 3 is 2.43 bits per heavy atom. The van der Waals surface area contributed by atoms with E-state index in [2.05, 4.69) is 6.26 Å². The SMILES string of the molecule is CSCCC(C)=N. The highest BCUT2D eigenvalue weighted by Crippen LogP contribution is 1.94. The lowest BCUT2D eigenvalue weighted by atomic mass is 10.3. The van der Waals surface area contributed by atoms with E-state index >= 15 is 0 Å². The van der Waals surface area contributed by atoms with Gasteiger partial charge in [0.2, 0.25) is 0 Å². The van der Waals surface area contributed by atoms with E-state index in [1.165, 1.54) is 0 Å². The van der Waals surface area contributed by atoms with Gasteiger partial charge < -0.3 is 5.41 Å². The Morgan fingerprint density at radius 2 is 2.29 bits per heavy atom. The van der Waals surface area contributed by atoms with Crippen LogP contribution in [0.2, 0.25) is 0 Å². The summed E-state index contributed by atoms with van der Waals surface area (Å²) in [5, 5.41) is 6.98. The number of thioether (sulfide) groups is 1. The molecule has 0 amide bonds. The molecular formula is C5H11NS. The molecule has 0 aliphatic heterocycles. The van der Waals surface area contributed by atoms with Gasteiger partial charge in [0, 0.05) is 5.71 Å². The van der Waals surface area contributed by atoms with Crippen LogP contribution in [0.25, 0.3) is 0 Å². The van der Waals surface area contributed by atoms with Crippen molar-refractivity contribution < 1.29 is 0 Å². The lowest BCUT2D eigenvalue weighted by Crippen LogP contribution is -1.88. The second-order valence-electron chi connectivity index (χ2n) is 1.52. The molecule has 0 heterocycles. The van der Waals surface area contributed by atoms with Crippen LogP contribution in [0.1, 0.15) is 13.3 Å². The lowest BCUT2D eigenvalue weighted by Gasteiger charge is -1.90. The first-order chi connectivity index (χ1) is 3.27. The van der Waals surface area contributed by atoms with Gasteiger partial charge >= 0.3 is 0 Å². The fourth-order valence-electron chi connectivity index (χ4n) is 0.255. The third-order valence-electron chi connectivity index (χ3n) is 0.681. The topological polar surface area (TPSA) is 23.9 Å². The van der Waals surface area contributed by atoms with E-state index in [0.717, 1.165) is 17.9 Å². The van der Waals surface area contributed by atoms with E-state index in [0.29, 0.717) is 0 Å². The molecule has 0 unspecified atom stereocenters. The Labute approximate surface area is 49.0 Å². The van der Waals surface area contributed by atoms with Gasteiger partial charge in [-0.2, -0.15) is 11.8 Å². The number of hydrogen-bond acceptors (Lipinski definition) is 2. The van der Waals surface area contributed by atoms with Gasteiger partial charge in [0.05, 0.1) is 0 Å². The molecule has 42 valence electrons. The number of rotatable bonds is 3. The zero-order chi connectivity index (χ0) is 5.70. The maximum atomic E-state index is 6.98. The predicted molar refractivity (Wildman–Crippen MR) is 36.4 cm³/mol. The van der Waals surface area contributed by atoms with Crippen LogP contribution < -0.4 is 0 Å². The minimum Gasteiger partial charge on any atom is -0.310 e. The van der Waals surface area contributed by atoms with E-state index in [-0.39, 0.29) is 0 Å². The monoisotopic (exact) mass is 117 g/mol. The summed E-state index contributed by atoms with van der Waals surface area (Å²) in [7, 11) is 0. The molecule has 0 spiro atoms. The Hall–Kier alpha value is 0.0200. The molecule has 0 radical (unpaired) electrons. The summed E-state index contributed by atoms with van der Waals surface area (Å²) >= 11 is 1.79. The second kappa shape index (κ2) is 4.19. The van der Waals surface area contributed by atoms with Gasteiger partial charge in [0.1, 0.15) is 0 Å². The van der Waals surface area contributed by atoms with Crippen LogP contribution in [0.4, 0.5) is 0 Å².